The van der Waals surface area contributed by atoms with Crippen LogP contribution in [0.15, 0.2) is 24.3 Å². The fourth-order valence-corrected chi connectivity index (χ4v) is 3.49. The molecule has 2 saturated heterocycles. The van der Waals surface area contributed by atoms with Crippen LogP contribution in [-0.2, 0) is 11.3 Å². The van der Waals surface area contributed by atoms with Crippen molar-refractivity contribution in [2.75, 3.05) is 33.2 Å². The van der Waals surface area contributed by atoms with Crippen molar-refractivity contribution in [1.29, 1.82) is 0 Å². The molecule has 21 heavy (non-hydrogen) atoms. The quantitative estimate of drug-likeness (QED) is 0.845. The van der Waals surface area contributed by atoms with E-state index in [1.165, 1.54) is 0 Å². The van der Waals surface area contributed by atoms with Crippen molar-refractivity contribution in [2.24, 2.45) is 0 Å². The number of amides is 1. The predicted octanol–water partition coefficient (Wildman–Crippen LogP) is 0.788. The summed E-state index contributed by atoms with van der Waals surface area (Å²) in [6, 6.07) is 7.40. The van der Waals surface area contributed by atoms with Gasteiger partial charge in [0.2, 0.25) is 5.91 Å². The molecule has 0 aromatic heterocycles. The number of rotatable bonds is 2. The van der Waals surface area contributed by atoms with Gasteiger partial charge in [0.05, 0.1) is 0 Å². The zero-order valence-corrected chi connectivity index (χ0v) is 12.5. The van der Waals surface area contributed by atoms with E-state index < -0.39 is 0 Å². The number of carbonyl (C=O) groups is 1. The van der Waals surface area contributed by atoms with Crippen molar-refractivity contribution in [2.45, 2.75) is 24.9 Å². The first-order valence-corrected chi connectivity index (χ1v) is 7.60. The second kappa shape index (κ2) is 5.66. The van der Waals surface area contributed by atoms with Gasteiger partial charge in [-0.1, -0.05) is 12.1 Å². The second-order valence-corrected chi connectivity index (χ2v) is 6.16. The first-order valence-electron chi connectivity index (χ1n) is 7.60. The normalized spacial score (nSPS) is 23.2. The lowest BCUT2D eigenvalue weighted by Gasteiger charge is -2.48. The number of likely N-dealkylation sites (N-methyl/N-ethyl adjacent to an activating group) is 1. The lowest BCUT2D eigenvalue weighted by molar-refractivity contribution is -0.140. The number of hydrogen-bond acceptors (Lipinski definition) is 4. The van der Waals surface area contributed by atoms with Gasteiger partial charge >= 0.3 is 0 Å². The molecule has 0 atom stereocenters. The zero-order chi connectivity index (χ0) is 14.9. The molecule has 1 spiro atoms. The van der Waals surface area contributed by atoms with Gasteiger partial charge in [0.15, 0.2) is 0 Å². The van der Waals surface area contributed by atoms with Crippen LogP contribution >= 0.6 is 0 Å². The van der Waals surface area contributed by atoms with Gasteiger partial charge in [-0.15, -0.1) is 0 Å². The summed E-state index contributed by atoms with van der Waals surface area (Å²) in [5.74, 6) is 0.501. The molecule has 2 N–H and O–H groups in total. The third kappa shape index (κ3) is 2.76. The Morgan fingerprint density at radius 3 is 2.71 bits per heavy atom. The molecular weight excluding hydrogens is 266 g/mol. The standard InChI is InChI=1S/C16H23N3O2/c1-18-10-7-17-15(21)16(18)5-8-19(9-6-16)12-13-3-2-4-14(20)11-13/h2-4,11,20H,5-10,12H2,1H3,(H,17,21). The van der Waals surface area contributed by atoms with E-state index in [9.17, 15) is 9.90 Å². The van der Waals surface area contributed by atoms with Crippen LogP contribution in [0.1, 0.15) is 18.4 Å². The minimum absolute atomic E-state index is 0.188. The van der Waals surface area contributed by atoms with Crippen molar-refractivity contribution in [3.05, 3.63) is 29.8 Å². The maximum atomic E-state index is 12.3. The summed E-state index contributed by atoms with van der Waals surface area (Å²) in [7, 11) is 2.06. The summed E-state index contributed by atoms with van der Waals surface area (Å²) in [5, 5.41) is 12.5. The van der Waals surface area contributed by atoms with Gasteiger partial charge in [-0.3, -0.25) is 14.6 Å². The third-order valence-electron chi connectivity index (χ3n) is 4.89. The highest BCUT2D eigenvalue weighted by molar-refractivity contribution is 5.87. The smallest absolute Gasteiger partial charge is 0.240 e. The Hall–Kier alpha value is -1.59. The molecule has 2 aliphatic heterocycles. The molecule has 0 unspecified atom stereocenters. The van der Waals surface area contributed by atoms with E-state index in [0.29, 0.717) is 5.75 Å². The molecule has 1 amide bonds. The number of phenols is 1. The average Bonchev–Trinajstić information content (AvgIpc) is 2.47. The summed E-state index contributed by atoms with van der Waals surface area (Å²) in [6.07, 6.45) is 1.74. The largest absolute Gasteiger partial charge is 0.508 e. The number of piperazine rings is 1. The van der Waals surface area contributed by atoms with Gasteiger partial charge in [0, 0.05) is 32.7 Å². The summed E-state index contributed by atoms with van der Waals surface area (Å²) in [5.41, 5.74) is 0.806. The van der Waals surface area contributed by atoms with Crippen LogP contribution in [0, 0.1) is 0 Å². The molecule has 2 aliphatic rings. The number of phenolic OH excluding ortho intramolecular Hbond substituents is 1. The van der Waals surface area contributed by atoms with Crippen LogP contribution in [0.4, 0.5) is 0 Å². The number of piperidine rings is 1. The molecule has 2 fully saturated rings. The van der Waals surface area contributed by atoms with E-state index in [2.05, 4.69) is 22.2 Å². The van der Waals surface area contributed by atoms with Crippen LogP contribution in [0.25, 0.3) is 0 Å². The van der Waals surface area contributed by atoms with Crippen molar-refractivity contribution in [1.82, 2.24) is 15.1 Å². The van der Waals surface area contributed by atoms with Crippen molar-refractivity contribution < 1.29 is 9.90 Å². The Balaban J connectivity index is 1.63. The number of nitrogens with zero attached hydrogens (tertiary/aromatic N) is 2. The molecule has 2 heterocycles. The van der Waals surface area contributed by atoms with Crippen LogP contribution in [0.2, 0.25) is 0 Å². The summed E-state index contributed by atoms with van der Waals surface area (Å²) < 4.78 is 0. The Kier molecular flexibility index (Phi) is 3.87. The van der Waals surface area contributed by atoms with Gasteiger partial charge in [0.25, 0.3) is 0 Å². The van der Waals surface area contributed by atoms with Crippen molar-refractivity contribution in [3.63, 3.8) is 0 Å². The Labute approximate surface area is 125 Å². The first-order chi connectivity index (χ1) is 10.1. The molecule has 3 rings (SSSR count). The molecule has 0 aliphatic carbocycles. The molecular formula is C16H23N3O2. The Morgan fingerprint density at radius 2 is 2.05 bits per heavy atom. The lowest BCUT2D eigenvalue weighted by Crippen LogP contribution is -2.66. The molecule has 1 aromatic rings. The van der Waals surface area contributed by atoms with E-state index >= 15 is 0 Å². The number of nitrogens with one attached hydrogen (secondary N) is 1. The monoisotopic (exact) mass is 289 g/mol. The van der Waals surface area contributed by atoms with Gasteiger partial charge in [-0.25, -0.2) is 0 Å². The van der Waals surface area contributed by atoms with E-state index in [1.54, 1.807) is 6.07 Å². The van der Waals surface area contributed by atoms with Gasteiger partial charge in [-0.05, 0) is 37.6 Å². The molecule has 5 heteroatoms. The summed E-state index contributed by atoms with van der Waals surface area (Å²) in [4.78, 5) is 16.9. The zero-order valence-electron chi connectivity index (χ0n) is 12.5. The van der Waals surface area contributed by atoms with Crippen molar-refractivity contribution >= 4 is 5.91 Å². The van der Waals surface area contributed by atoms with Gasteiger partial charge in [-0.2, -0.15) is 0 Å². The average molecular weight is 289 g/mol. The van der Waals surface area contributed by atoms with Crippen LogP contribution in [0.5, 0.6) is 5.75 Å². The summed E-state index contributed by atoms with van der Waals surface area (Å²) >= 11 is 0. The molecule has 5 nitrogen and oxygen atoms in total. The van der Waals surface area contributed by atoms with Crippen LogP contribution < -0.4 is 5.32 Å². The maximum Gasteiger partial charge on any atom is 0.240 e. The maximum absolute atomic E-state index is 12.3. The number of carbonyl (C=O) groups excluding carboxylic acids is 1. The number of benzene rings is 1. The number of likely N-dealkylation sites (tertiary alicyclic amines) is 1. The Morgan fingerprint density at radius 1 is 1.29 bits per heavy atom. The van der Waals surface area contributed by atoms with E-state index in [4.69, 9.17) is 0 Å². The van der Waals surface area contributed by atoms with Crippen LogP contribution in [-0.4, -0.2) is 59.6 Å². The molecule has 0 radical (unpaired) electrons. The topological polar surface area (TPSA) is 55.8 Å². The fourth-order valence-electron chi connectivity index (χ4n) is 3.49. The highest BCUT2D eigenvalue weighted by atomic mass is 16.3. The molecule has 1 aromatic carbocycles. The lowest BCUT2D eigenvalue weighted by atomic mass is 9.83. The second-order valence-electron chi connectivity index (χ2n) is 6.16. The first kappa shape index (κ1) is 14.4. The molecule has 0 saturated carbocycles. The minimum atomic E-state index is -0.312. The van der Waals surface area contributed by atoms with E-state index in [0.717, 1.165) is 51.1 Å². The van der Waals surface area contributed by atoms with Crippen molar-refractivity contribution in [3.8, 4) is 5.75 Å². The molecule has 0 bridgehead atoms. The SMILES string of the molecule is CN1CCNC(=O)C12CCN(Cc1cccc(O)c1)CC2. The Bertz CT molecular complexity index is 524. The molecule has 114 valence electrons. The summed E-state index contributed by atoms with van der Waals surface area (Å²) in [6.45, 7) is 4.33. The number of aromatic hydroxyl groups is 1. The minimum Gasteiger partial charge on any atom is -0.508 e. The number of hydrogen-bond donors (Lipinski definition) is 2. The highest BCUT2D eigenvalue weighted by Crippen LogP contribution is 2.30. The predicted molar refractivity (Wildman–Crippen MR) is 81.0 cm³/mol. The fraction of sp³-hybridized carbons (Fsp3) is 0.562. The highest BCUT2D eigenvalue weighted by Gasteiger charge is 2.46. The van der Waals surface area contributed by atoms with Crippen LogP contribution in [0.3, 0.4) is 0 Å². The van der Waals surface area contributed by atoms with E-state index in [1.807, 2.05) is 18.2 Å². The van der Waals surface area contributed by atoms with Gasteiger partial charge < -0.3 is 10.4 Å². The third-order valence-corrected chi connectivity index (χ3v) is 4.89. The van der Waals surface area contributed by atoms with E-state index in [-0.39, 0.29) is 11.4 Å². The van der Waals surface area contributed by atoms with Gasteiger partial charge in [0.1, 0.15) is 11.3 Å².